The number of carbonyl (C=O) groups excluding carboxylic acids is 1. The molecular formula is C14H21NO4. The van der Waals surface area contributed by atoms with Crippen LogP contribution in [0.3, 0.4) is 0 Å². The van der Waals surface area contributed by atoms with E-state index in [9.17, 15) is 4.79 Å². The van der Waals surface area contributed by atoms with Gasteiger partial charge in [0.2, 0.25) is 5.76 Å². The van der Waals surface area contributed by atoms with Crippen molar-refractivity contribution in [2.45, 2.75) is 38.3 Å². The van der Waals surface area contributed by atoms with Gasteiger partial charge in [-0.15, -0.1) is 0 Å². The Morgan fingerprint density at radius 2 is 2.42 bits per heavy atom. The highest BCUT2D eigenvalue weighted by atomic mass is 16.5. The summed E-state index contributed by atoms with van der Waals surface area (Å²) in [6.07, 6.45) is 5.77. The van der Waals surface area contributed by atoms with E-state index in [2.05, 4.69) is 4.90 Å². The summed E-state index contributed by atoms with van der Waals surface area (Å²) in [4.78, 5) is 13.9. The first kappa shape index (κ1) is 14.1. The van der Waals surface area contributed by atoms with Crippen molar-refractivity contribution in [3.8, 4) is 0 Å². The Morgan fingerprint density at radius 3 is 3.16 bits per heavy atom. The number of hydrogen-bond acceptors (Lipinski definition) is 5. The molecule has 1 aromatic heterocycles. The van der Waals surface area contributed by atoms with Crippen molar-refractivity contribution in [1.82, 2.24) is 4.90 Å². The second-order valence-electron chi connectivity index (χ2n) is 4.90. The van der Waals surface area contributed by atoms with Gasteiger partial charge in [0.05, 0.1) is 13.4 Å². The van der Waals surface area contributed by atoms with Gasteiger partial charge in [0.25, 0.3) is 0 Å². The van der Waals surface area contributed by atoms with E-state index in [4.69, 9.17) is 14.3 Å². The first-order valence-corrected chi connectivity index (χ1v) is 6.76. The van der Waals surface area contributed by atoms with E-state index in [1.807, 2.05) is 6.07 Å². The highest BCUT2D eigenvalue weighted by molar-refractivity contribution is 5.87. The van der Waals surface area contributed by atoms with Crippen LogP contribution < -0.4 is 0 Å². The number of hydrogen-bond donors (Lipinski definition) is 1. The fourth-order valence-corrected chi connectivity index (χ4v) is 2.69. The Kier molecular flexibility index (Phi) is 4.99. The average molecular weight is 267 g/mol. The molecule has 0 aromatic carbocycles. The predicted molar refractivity (Wildman–Crippen MR) is 69.8 cm³/mol. The molecule has 5 nitrogen and oxygen atoms in total. The zero-order chi connectivity index (χ0) is 13.7. The number of methoxy groups -OCH3 is 1. The van der Waals surface area contributed by atoms with Crippen molar-refractivity contribution in [1.29, 1.82) is 0 Å². The average Bonchev–Trinajstić information content (AvgIpc) is 2.88. The lowest BCUT2D eigenvalue weighted by molar-refractivity contribution is 0.0557. The minimum absolute atomic E-state index is 0.205. The quantitative estimate of drug-likeness (QED) is 0.824. The summed E-state index contributed by atoms with van der Waals surface area (Å²) in [7, 11) is 1.35. The molecular weight excluding hydrogens is 246 g/mol. The zero-order valence-corrected chi connectivity index (χ0v) is 11.3. The Labute approximate surface area is 113 Å². The van der Waals surface area contributed by atoms with Gasteiger partial charge in [-0.2, -0.15) is 0 Å². The molecule has 1 fully saturated rings. The van der Waals surface area contributed by atoms with Crippen LogP contribution in [0.15, 0.2) is 16.7 Å². The van der Waals surface area contributed by atoms with Gasteiger partial charge in [0.15, 0.2) is 0 Å². The van der Waals surface area contributed by atoms with Crippen LogP contribution in [-0.2, 0) is 11.3 Å². The topological polar surface area (TPSA) is 62.9 Å². The van der Waals surface area contributed by atoms with Gasteiger partial charge in [0.1, 0.15) is 0 Å². The third-order valence-electron chi connectivity index (χ3n) is 3.70. The van der Waals surface area contributed by atoms with Gasteiger partial charge in [-0.1, -0.05) is 6.42 Å². The van der Waals surface area contributed by atoms with Crippen LogP contribution in [0.4, 0.5) is 0 Å². The van der Waals surface area contributed by atoms with Gasteiger partial charge in [0, 0.05) is 24.8 Å². The number of likely N-dealkylation sites (tertiary alicyclic amines) is 1. The molecule has 1 aromatic rings. The fraction of sp³-hybridized carbons (Fsp3) is 0.643. The Balaban J connectivity index is 2.06. The summed E-state index contributed by atoms with van der Waals surface area (Å²) in [6, 6.07) is 2.20. The molecule has 1 atom stereocenters. The summed E-state index contributed by atoms with van der Waals surface area (Å²) in [5, 5.41) is 9.12. The van der Waals surface area contributed by atoms with Crippen molar-refractivity contribution < 1.29 is 19.1 Å². The highest BCUT2D eigenvalue weighted by Gasteiger charge is 2.25. The normalized spacial score (nSPS) is 20.4. The number of rotatable bonds is 5. The number of aliphatic hydroxyl groups excluding tert-OH is 1. The van der Waals surface area contributed by atoms with Crippen LogP contribution >= 0.6 is 0 Å². The van der Waals surface area contributed by atoms with E-state index in [-0.39, 0.29) is 12.4 Å². The van der Waals surface area contributed by atoms with Gasteiger partial charge in [-0.05, 0) is 31.9 Å². The molecule has 1 unspecified atom stereocenters. The first-order chi connectivity index (χ1) is 9.26. The molecule has 0 saturated carbocycles. The third kappa shape index (κ3) is 3.36. The molecule has 1 aliphatic heterocycles. The number of piperidine rings is 1. The molecule has 1 N–H and O–H groups in total. The summed E-state index contributed by atoms with van der Waals surface area (Å²) < 4.78 is 9.91. The maximum atomic E-state index is 11.6. The Morgan fingerprint density at radius 1 is 1.58 bits per heavy atom. The number of esters is 1. The summed E-state index contributed by atoms with van der Waals surface area (Å²) in [5.41, 5.74) is 0.858. The van der Waals surface area contributed by atoms with Gasteiger partial charge in [-0.3, -0.25) is 4.90 Å². The number of ether oxygens (including phenoxy) is 1. The summed E-state index contributed by atoms with van der Waals surface area (Å²) in [5.74, 6) is -0.147. The lowest BCUT2D eigenvalue weighted by Gasteiger charge is -2.35. The monoisotopic (exact) mass is 267 g/mol. The molecule has 1 aliphatic rings. The maximum Gasteiger partial charge on any atom is 0.374 e. The van der Waals surface area contributed by atoms with Crippen LogP contribution in [-0.4, -0.2) is 42.3 Å². The van der Waals surface area contributed by atoms with E-state index in [1.165, 1.54) is 19.8 Å². The Hall–Kier alpha value is -1.33. The van der Waals surface area contributed by atoms with Crippen LogP contribution in [0.1, 0.15) is 41.8 Å². The van der Waals surface area contributed by atoms with E-state index >= 15 is 0 Å². The molecule has 0 spiro atoms. The van der Waals surface area contributed by atoms with Crippen molar-refractivity contribution in [2.24, 2.45) is 0 Å². The lowest BCUT2D eigenvalue weighted by atomic mass is 9.99. The van der Waals surface area contributed by atoms with Crippen molar-refractivity contribution in [3.05, 3.63) is 23.7 Å². The zero-order valence-electron chi connectivity index (χ0n) is 11.3. The summed E-state index contributed by atoms with van der Waals surface area (Å²) >= 11 is 0. The van der Waals surface area contributed by atoms with Crippen molar-refractivity contribution >= 4 is 5.97 Å². The fourth-order valence-electron chi connectivity index (χ4n) is 2.69. The maximum absolute atomic E-state index is 11.6. The SMILES string of the molecule is COC(=O)c1occc1CN1CCCCC1CCO. The van der Waals surface area contributed by atoms with E-state index < -0.39 is 5.97 Å². The molecule has 0 aliphatic carbocycles. The standard InChI is InChI=1S/C14H21NO4/c1-18-14(17)13-11(6-9-19-13)10-15-7-3-2-4-12(15)5-8-16/h6,9,12,16H,2-5,7-8,10H2,1H3. The van der Waals surface area contributed by atoms with E-state index in [1.54, 1.807) is 0 Å². The van der Waals surface area contributed by atoms with Crippen LogP contribution in [0.25, 0.3) is 0 Å². The molecule has 19 heavy (non-hydrogen) atoms. The van der Waals surface area contributed by atoms with Crippen molar-refractivity contribution in [3.63, 3.8) is 0 Å². The Bertz CT molecular complexity index is 413. The second kappa shape index (κ2) is 6.73. The predicted octanol–water partition coefficient (Wildman–Crippen LogP) is 1.80. The van der Waals surface area contributed by atoms with E-state index in [0.717, 1.165) is 31.4 Å². The number of nitrogens with zero attached hydrogens (tertiary/aromatic N) is 1. The minimum atomic E-state index is -0.435. The number of aliphatic hydroxyl groups is 1. The van der Waals surface area contributed by atoms with Gasteiger partial charge >= 0.3 is 5.97 Å². The van der Waals surface area contributed by atoms with Crippen LogP contribution in [0, 0.1) is 0 Å². The van der Waals surface area contributed by atoms with Crippen LogP contribution in [0.2, 0.25) is 0 Å². The molecule has 0 amide bonds. The number of furan rings is 1. The molecule has 2 heterocycles. The van der Waals surface area contributed by atoms with Gasteiger partial charge in [-0.25, -0.2) is 4.79 Å². The molecule has 0 bridgehead atoms. The van der Waals surface area contributed by atoms with Gasteiger partial charge < -0.3 is 14.3 Å². The van der Waals surface area contributed by atoms with Crippen molar-refractivity contribution in [2.75, 3.05) is 20.3 Å². The molecule has 106 valence electrons. The highest BCUT2D eigenvalue weighted by Crippen LogP contribution is 2.23. The largest absolute Gasteiger partial charge is 0.463 e. The second-order valence-corrected chi connectivity index (χ2v) is 4.90. The third-order valence-corrected chi connectivity index (χ3v) is 3.70. The van der Waals surface area contributed by atoms with E-state index in [0.29, 0.717) is 12.6 Å². The molecule has 0 radical (unpaired) electrons. The summed E-state index contributed by atoms with van der Waals surface area (Å²) in [6.45, 7) is 1.87. The molecule has 1 saturated heterocycles. The minimum Gasteiger partial charge on any atom is -0.463 e. The number of carbonyl (C=O) groups is 1. The smallest absolute Gasteiger partial charge is 0.374 e. The molecule has 5 heteroatoms. The lowest BCUT2D eigenvalue weighted by Crippen LogP contribution is -2.39. The first-order valence-electron chi connectivity index (χ1n) is 6.76. The molecule has 2 rings (SSSR count). The van der Waals surface area contributed by atoms with Crippen LogP contribution in [0.5, 0.6) is 0 Å².